The van der Waals surface area contributed by atoms with Crippen molar-refractivity contribution in [2.75, 3.05) is 5.32 Å². The maximum atomic E-state index is 13.7. The lowest BCUT2D eigenvalue weighted by Crippen LogP contribution is -2.12. The fraction of sp³-hybridized carbons (Fsp3) is 0.0714. The second-order valence-electron chi connectivity index (χ2n) is 4.18. The van der Waals surface area contributed by atoms with E-state index in [0.29, 0.717) is 5.76 Å². The Bertz CT molecular complexity index is 722. The molecule has 0 aliphatic carbocycles. The van der Waals surface area contributed by atoms with Gasteiger partial charge in [-0.05, 0) is 31.2 Å². The Hall–Kier alpha value is -2.96. The van der Waals surface area contributed by atoms with Crippen LogP contribution in [0.1, 0.15) is 21.8 Å². The first-order chi connectivity index (χ1) is 9.95. The van der Waals surface area contributed by atoms with Crippen molar-refractivity contribution in [1.82, 2.24) is 5.16 Å². The van der Waals surface area contributed by atoms with Gasteiger partial charge in [0.1, 0.15) is 11.6 Å². The van der Waals surface area contributed by atoms with Crippen LogP contribution in [0.2, 0.25) is 0 Å². The van der Waals surface area contributed by atoms with Gasteiger partial charge in [-0.15, -0.1) is 0 Å². The van der Waals surface area contributed by atoms with E-state index in [4.69, 9.17) is 9.63 Å². The van der Waals surface area contributed by atoms with Gasteiger partial charge < -0.3 is 14.9 Å². The fourth-order valence-corrected chi connectivity index (χ4v) is 1.57. The Labute approximate surface area is 118 Å². The number of halogens is 1. The molecule has 0 unspecified atom stereocenters. The van der Waals surface area contributed by atoms with Crippen LogP contribution >= 0.6 is 0 Å². The smallest absolute Gasteiger partial charge is 0.328 e. The molecule has 1 aromatic carbocycles. The largest absolute Gasteiger partial charge is 0.478 e. The summed E-state index contributed by atoms with van der Waals surface area (Å²) in [6, 6.07) is 5.36. The van der Waals surface area contributed by atoms with Gasteiger partial charge in [0.25, 0.3) is 5.91 Å². The second-order valence-corrected chi connectivity index (χ2v) is 4.18. The van der Waals surface area contributed by atoms with Crippen LogP contribution < -0.4 is 5.32 Å². The predicted octanol–water partition coefficient (Wildman–Crippen LogP) is 2.47. The van der Waals surface area contributed by atoms with Gasteiger partial charge >= 0.3 is 5.97 Å². The average Bonchev–Trinajstić information content (AvgIpc) is 2.84. The molecule has 1 aromatic heterocycles. The van der Waals surface area contributed by atoms with Crippen molar-refractivity contribution in [2.24, 2.45) is 0 Å². The molecule has 108 valence electrons. The second kappa shape index (κ2) is 6.00. The normalized spacial score (nSPS) is 10.8. The van der Waals surface area contributed by atoms with Gasteiger partial charge in [0, 0.05) is 23.4 Å². The zero-order valence-electron chi connectivity index (χ0n) is 11.0. The maximum Gasteiger partial charge on any atom is 0.328 e. The molecule has 1 heterocycles. The predicted molar refractivity (Wildman–Crippen MR) is 72.3 cm³/mol. The number of nitrogens with one attached hydrogen (secondary N) is 1. The topological polar surface area (TPSA) is 92.4 Å². The summed E-state index contributed by atoms with van der Waals surface area (Å²) in [5.41, 5.74) is 0.418. The highest BCUT2D eigenvalue weighted by Crippen LogP contribution is 2.17. The van der Waals surface area contributed by atoms with Crippen molar-refractivity contribution < 1.29 is 23.6 Å². The Kier molecular flexibility index (Phi) is 4.13. The molecule has 0 saturated carbocycles. The van der Waals surface area contributed by atoms with E-state index >= 15 is 0 Å². The molecule has 1 amide bonds. The highest BCUT2D eigenvalue weighted by atomic mass is 19.1. The van der Waals surface area contributed by atoms with Gasteiger partial charge in [-0.25, -0.2) is 9.18 Å². The standard InChI is InChI=1S/C14H11FN2O4/c1-8-6-12(17-21-8)14(20)16-10-4-2-9(11(15)7-10)3-5-13(18)19/h2-7H,1H3,(H,16,20)(H,18,19). The van der Waals surface area contributed by atoms with Gasteiger partial charge in [0.05, 0.1) is 0 Å². The number of aryl methyl sites for hydroxylation is 1. The van der Waals surface area contributed by atoms with Crippen molar-refractivity contribution in [2.45, 2.75) is 6.92 Å². The van der Waals surface area contributed by atoms with Crippen LogP contribution in [0.5, 0.6) is 0 Å². The molecule has 0 bridgehead atoms. The number of nitrogens with zero attached hydrogens (tertiary/aromatic N) is 1. The number of aliphatic carboxylic acids is 1. The van der Waals surface area contributed by atoms with Crippen molar-refractivity contribution in [3.05, 3.63) is 53.2 Å². The van der Waals surface area contributed by atoms with Gasteiger partial charge in [0.15, 0.2) is 5.69 Å². The summed E-state index contributed by atoms with van der Waals surface area (Å²) in [5.74, 6) is -1.87. The van der Waals surface area contributed by atoms with Crippen LogP contribution in [-0.2, 0) is 4.79 Å². The molecule has 2 rings (SSSR count). The molecule has 0 aliphatic heterocycles. The molecule has 0 aliphatic rings. The summed E-state index contributed by atoms with van der Waals surface area (Å²) in [6.45, 7) is 1.65. The molecule has 0 radical (unpaired) electrons. The lowest BCUT2D eigenvalue weighted by Gasteiger charge is -2.04. The zero-order valence-corrected chi connectivity index (χ0v) is 11.0. The SMILES string of the molecule is Cc1cc(C(=O)Nc2ccc(C=CC(=O)O)c(F)c2)no1. The molecule has 0 atom stereocenters. The summed E-state index contributed by atoms with van der Waals surface area (Å²) in [4.78, 5) is 22.2. The van der Waals surface area contributed by atoms with Crippen LogP contribution in [0.4, 0.5) is 10.1 Å². The van der Waals surface area contributed by atoms with Crippen molar-refractivity contribution in [1.29, 1.82) is 0 Å². The lowest BCUT2D eigenvalue weighted by molar-refractivity contribution is -0.131. The number of carbonyl (C=O) groups excluding carboxylic acids is 1. The molecule has 0 fully saturated rings. The first-order valence-corrected chi connectivity index (χ1v) is 5.91. The van der Waals surface area contributed by atoms with Crippen LogP contribution in [0.15, 0.2) is 34.9 Å². The molecule has 2 aromatic rings. The summed E-state index contributed by atoms with van der Waals surface area (Å²) in [7, 11) is 0. The van der Waals surface area contributed by atoms with Crippen molar-refractivity contribution in [3.8, 4) is 0 Å². The molecular weight excluding hydrogens is 279 g/mol. The van der Waals surface area contributed by atoms with E-state index in [9.17, 15) is 14.0 Å². The molecule has 0 saturated heterocycles. The number of benzene rings is 1. The summed E-state index contributed by atoms with van der Waals surface area (Å²) in [5, 5.41) is 14.5. The molecule has 21 heavy (non-hydrogen) atoms. The summed E-state index contributed by atoms with van der Waals surface area (Å²) in [6.07, 6.45) is 1.96. The quantitative estimate of drug-likeness (QED) is 0.844. The van der Waals surface area contributed by atoms with E-state index in [0.717, 1.165) is 18.2 Å². The maximum absolute atomic E-state index is 13.7. The van der Waals surface area contributed by atoms with Crippen LogP contribution in [0.3, 0.4) is 0 Å². The molecule has 0 spiro atoms. The van der Waals surface area contributed by atoms with Crippen LogP contribution in [-0.4, -0.2) is 22.1 Å². The third-order valence-electron chi connectivity index (χ3n) is 2.52. The number of carbonyl (C=O) groups is 2. The number of anilines is 1. The lowest BCUT2D eigenvalue weighted by atomic mass is 10.1. The Morgan fingerprint density at radius 2 is 2.14 bits per heavy atom. The van der Waals surface area contributed by atoms with Crippen molar-refractivity contribution >= 4 is 23.6 Å². The van der Waals surface area contributed by atoms with E-state index in [1.165, 1.54) is 18.2 Å². The Morgan fingerprint density at radius 3 is 2.71 bits per heavy atom. The monoisotopic (exact) mass is 290 g/mol. The van der Waals surface area contributed by atoms with Crippen LogP contribution in [0.25, 0.3) is 6.08 Å². The number of carboxylic acid groups (broad SMARTS) is 1. The third-order valence-corrected chi connectivity index (χ3v) is 2.52. The number of aromatic nitrogens is 1. The fourth-order valence-electron chi connectivity index (χ4n) is 1.57. The minimum Gasteiger partial charge on any atom is -0.478 e. The number of rotatable bonds is 4. The highest BCUT2D eigenvalue weighted by molar-refractivity contribution is 6.02. The van der Waals surface area contributed by atoms with Gasteiger partial charge in [-0.1, -0.05) is 5.16 Å². The third kappa shape index (κ3) is 3.75. The Balaban J connectivity index is 2.13. The molecule has 7 heteroatoms. The zero-order chi connectivity index (χ0) is 15.4. The minimum atomic E-state index is -1.17. The average molecular weight is 290 g/mol. The van der Waals surface area contributed by atoms with Crippen molar-refractivity contribution in [3.63, 3.8) is 0 Å². The summed E-state index contributed by atoms with van der Waals surface area (Å²) >= 11 is 0. The van der Waals surface area contributed by atoms with E-state index in [1.54, 1.807) is 6.92 Å². The van der Waals surface area contributed by atoms with Gasteiger partial charge in [-0.3, -0.25) is 4.79 Å². The molecule has 6 nitrogen and oxygen atoms in total. The van der Waals surface area contributed by atoms with Gasteiger partial charge in [-0.2, -0.15) is 0 Å². The Morgan fingerprint density at radius 1 is 1.38 bits per heavy atom. The van der Waals surface area contributed by atoms with E-state index in [-0.39, 0.29) is 16.9 Å². The number of hydrogen-bond donors (Lipinski definition) is 2. The molecule has 2 N–H and O–H groups in total. The minimum absolute atomic E-state index is 0.0859. The number of carboxylic acids is 1. The first kappa shape index (κ1) is 14.4. The summed E-state index contributed by atoms with van der Waals surface area (Å²) < 4.78 is 18.5. The highest BCUT2D eigenvalue weighted by Gasteiger charge is 2.12. The van der Waals surface area contributed by atoms with Gasteiger partial charge in [0.2, 0.25) is 0 Å². The first-order valence-electron chi connectivity index (χ1n) is 5.91. The number of hydrogen-bond acceptors (Lipinski definition) is 4. The van der Waals surface area contributed by atoms with E-state index in [1.807, 2.05) is 0 Å². The van der Waals surface area contributed by atoms with E-state index in [2.05, 4.69) is 10.5 Å². The molecular formula is C14H11FN2O4. The van der Waals surface area contributed by atoms with Crippen LogP contribution in [0, 0.1) is 12.7 Å². The van der Waals surface area contributed by atoms with E-state index < -0.39 is 17.7 Å². The number of amides is 1.